The van der Waals surface area contributed by atoms with Gasteiger partial charge in [-0.3, -0.25) is 0 Å². The van der Waals surface area contributed by atoms with E-state index >= 15 is 0 Å². The average molecular weight is 340 g/mol. The lowest BCUT2D eigenvalue weighted by molar-refractivity contribution is 0.546. The Labute approximate surface area is 133 Å². The number of nitrogens with one attached hydrogen (secondary N) is 1. The van der Waals surface area contributed by atoms with Crippen LogP contribution >= 0.6 is 23.4 Å². The van der Waals surface area contributed by atoms with Crippen molar-refractivity contribution in [3.8, 4) is 0 Å². The van der Waals surface area contributed by atoms with Gasteiger partial charge in [-0.1, -0.05) is 35.9 Å². The Hall–Kier alpha value is -1.01. The second-order valence-corrected chi connectivity index (χ2v) is 8.09. The number of benzene rings is 2. The average Bonchev–Trinajstić information content (AvgIpc) is 2.47. The predicted molar refractivity (Wildman–Crippen MR) is 86.3 cm³/mol. The first-order chi connectivity index (χ1) is 10.1. The summed E-state index contributed by atoms with van der Waals surface area (Å²) in [5, 5.41) is 0.414. The fourth-order valence-corrected chi connectivity index (χ4v) is 5.03. The van der Waals surface area contributed by atoms with Gasteiger partial charge in [-0.15, -0.1) is 11.8 Å². The molecule has 0 saturated heterocycles. The summed E-state index contributed by atoms with van der Waals surface area (Å²) in [6.45, 7) is 0. The third kappa shape index (κ3) is 3.26. The number of halogens is 1. The summed E-state index contributed by atoms with van der Waals surface area (Å²) in [7, 11) is -3.57. The maximum Gasteiger partial charge on any atom is 0.241 e. The number of thioether (sulfide) groups is 1. The van der Waals surface area contributed by atoms with Crippen LogP contribution in [0.1, 0.15) is 18.0 Å². The molecule has 0 bridgehead atoms. The van der Waals surface area contributed by atoms with Gasteiger partial charge in [0.2, 0.25) is 10.0 Å². The highest BCUT2D eigenvalue weighted by Gasteiger charge is 2.25. The van der Waals surface area contributed by atoms with Crippen LogP contribution in [0.25, 0.3) is 0 Å². The van der Waals surface area contributed by atoms with Gasteiger partial charge in [0, 0.05) is 16.0 Å². The molecular formula is C15H14ClNO2S2. The summed E-state index contributed by atoms with van der Waals surface area (Å²) in [5.74, 6) is 0.903. The molecule has 0 amide bonds. The van der Waals surface area contributed by atoms with E-state index in [0.717, 1.165) is 22.6 Å². The zero-order chi connectivity index (χ0) is 14.9. The highest BCUT2D eigenvalue weighted by Crippen LogP contribution is 2.36. The minimum Gasteiger partial charge on any atom is -0.207 e. The molecule has 0 spiro atoms. The summed E-state index contributed by atoms with van der Waals surface area (Å²) in [6.07, 6.45) is 0.779. The van der Waals surface area contributed by atoms with Crippen LogP contribution < -0.4 is 4.72 Å². The number of rotatable bonds is 3. The van der Waals surface area contributed by atoms with Crippen LogP contribution in [0.4, 0.5) is 0 Å². The quantitative estimate of drug-likeness (QED) is 0.923. The van der Waals surface area contributed by atoms with Crippen LogP contribution in [0.2, 0.25) is 5.02 Å². The second-order valence-electron chi connectivity index (χ2n) is 4.81. The predicted octanol–water partition coefficient (Wildman–Crippen LogP) is 3.86. The van der Waals surface area contributed by atoms with E-state index in [0.29, 0.717) is 5.02 Å². The maximum atomic E-state index is 12.5. The van der Waals surface area contributed by atoms with Crippen molar-refractivity contribution in [2.75, 3.05) is 5.75 Å². The molecule has 0 unspecified atom stereocenters. The van der Waals surface area contributed by atoms with Crippen LogP contribution in [0.15, 0.2) is 58.3 Å². The van der Waals surface area contributed by atoms with E-state index in [9.17, 15) is 8.42 Å². The third-order valence-electron chi connectivity index (χ3n) is 3.36. The fourth-order valence-electron chi connectivity index (χ4n) is 2.35. The van der Waals surface area contributed by atoms with E-state index in [1.807, 2.05) is 24.3 Å². The molecule has 110 valence electrons. The first-order valence-corrected chi connectivity index (χ1v) is 9.40. The first-order valence-electron chi connectivity index (χ1n) is 6.56. The summed E-state index contributed by atoms with van der Waals surface area (Å²) < 4.78 is 27.8. The van der Waals surface area contributed by atoms with Gasteiger partial charge in [0.05, 0.1) is 4.90 Å². The Morgan fingerprint density at radius 3 is 2.76 bits per heavy atom. The molecule has 0 aliphatic carbocycles. The second kappa shape index (κ2) is 6.01. The number of sulfonamides is 1. The van der Waals surface area contributed by atoms with Crippen molar-refractivity contribution in [2.45, 2.75) is 22.3 Å². The van der Waals surface area contributed by atoms with Gasteiger partial charge >= 0.3 is 0 Å². The zero-order valence-corrected chi connectivity index (χ0v) is 13.5. The van der Waals surface area contributed by atoms with Crippen molar-refractivity contribution >= 4 is 33.4 Å². The molecule has 1 aliphatic heterocycles. The Morgan fingerprint density at radius 1 is 1.14 bits per heavy atom. The topological polar surface area (TPSA) is 46.2 Å². The molecule has 1 N–H and O–H groups in total. The zero-order valence-electron chi connectivity index (χ0n) is 11.1. The maximum absolute atomic E-state index is 12.5. The summed E-state index contributed by atoms with van der Waals surface area (Å²) in [6, 6.07) is 14.0. The van der Waals surface area contributed by atoms with Gasteiger partial charge in [-0.2, -0.15) is 0 Å². The third-order valence-corrected chi connectivity index (χ3v) is 6.19. The molecule has 0 aromatic heterocycles. The molecule has 1 atom stereocenters. The fraction of sp³-hybridized carbons (Fsp3) is 0.200. The molecule has 2 aromatic carbocycles. The first kappa shape index (κ1) is 14.9. The number of hydrogen-bond acceptors (Lipinski definition) is 3. The lowest BCUT2D eigenvalue weighted by atomic mass is 10.1. The van der Waals surface area contributed by atoms with Gasteiger partial charge < -0.3 is 0 Å². The molecule has 3 rings (SSSR count). The van der Waals surface area contributed by atoms with Crippen LogP contribution in [-0.4, -0.2) is 14.2 Å². The van der Waals surface area contributed by atoms with Crippen LogP contribution in [-0.2, 0) is 10.0 Å². The molecule has 2 aromatic rings. The SMILES string of the molecule is O=S(=O)(N[C@@H]1CCSc2ccccc21)c1cccc(Cl)c1. The van der Waals surface area contributed by atoms with Crippen molar-refractivity contribution in [3.63, 3.8) is 0 Å². The molecule has 0 fully saturated rings. The van der Waals surface area contributed by atoms with E-state index in [4.69, 9.17) is 11.6 Å². The standard InChI is InChI=1S/C15H14ClNO2S2/c16-11-4-3-5-12(10-11)21(18,19)17-14-8-9-20-15-7-2-1-6-13(14)15/h1-7,10,14,17H,8-9H2/t14-/m1/s1. The van der Waals surface area contributed by atoms with E-state index in [1.165, 1.54) is 6.07 Å². The molecule has 0 saturated carbocycles. The van der Waals surface area contributed by atoms with Gasteiger partial charge in [-0.05, 0) is 42.0 Å². The molecule has 3 nitrogen and oxygen atoms in total. The van der Waals surface area contributed by atoms with Gasteiger partial charge in [0.15, 0.2) is 0 Å². The molecule has 0 radical (unpaired) electrons. The van der Waals surface area contributed by atoms with E-state index in [1.54, 1.807) is 30.0 Å². The molecule has 6 heteroatoms. The molecule has 21 heavy (non-hydrogen) atoms. The van der Waals surface area contributed by atoms with Gasteiger partial charge in [-0.25, -0.2) is 13.1 Å². The minimum absolute atomic E-state index is 0.188. The molecular weight excluding hydrogens is 326 g/mol. The Morgan fingerprint density at radius 2 is 1.95 bits per heavy atom. The van der Waals surface area contributed by atoms with Crippen molar-refractivity contribution in [1.82, 2.24) is 4.72 Å². The van der Waals surface area contributed by atoms with Crippen molar-refractivity contribution in [3.05, 3.63) is 59.1 Å². The van der Waals surface area contributed by atoms with Crippen molar-refractivity contribution in [2.24, 2.45) is 0 Å². The molecule has 1 heterocycles. The Kier molecular flexibility index (Phi) is 4.26. The smallest absolute Gasteiger partial charge is 0.207 e. The van der Waals surface area contributed by atoms with Gasteiger partial charge in [0.25, 0.3) is 0 Å². The van der Waals surface area contributed by atoms with Crippen LogP contribution in [0.3, 0.4) is 0 Å². The van der Waals surface area contributed by atoms with Crippen LogP contribution in [0, 0.1) is 0 Å². The number of hydrogen-bond donors (Lipinski definition) is 1. The lowest BCUT2D eigenvalue weighted by Crippen LogP contribution is -2.30. The number of fused-ring (bicyclic) bond motifs is 1. The van der Waals surface area contributed by atoms with Crippen molar-refractivity contribution in [1.29, 1.82) is 0 Å². The van der Waals surface area contributed by atoms with Gasteiger partial charge in [0.1, 0.15) is 0 Å². The Balaban J connectivity index is 1.90. The highest BCUT2D eigenvalue weighted by molar-refractivity contribution is 7.99. The largest absolute Gasteiger partial charge is 0.241 e. The van der Waals surface area contributed by atoms with Crippen molar-refractivity contribution < 1.29 is 8.42 Å². The van der Waals surface area contributed by atoms with E-state index in [-0.39, 0.29) is 10.9 Å². The van der Waals surface area contributed by atoms with E-state index < -0.39 is 10.0 Å². The lowest BCUT2D eigenvalue weighted by Gasteiger charge is -2.25. The molecule has 1 aliphatic rings. The monoisotopic (exact) mass is 339 g/mol. The van der Waals surface area contributed by atoms with Crippen LogP contribution in [0.5, 0.6) is 0 Å². The summed E-state index contributed by atoms with van der Waals surface area (Å²) in [4.78, 5) is 1.34. The normalized spacial score (nSPS) is 18.2. The summed E-state index contributed by atoms with van der Waals surface area (Å²) in [5.41, 5.74) is 1.04. The summed E-state index contributed by atoms with van der Waals surface area (Å²) >= 11 is 7.64. The van der Waals surface area contributed by atoms with E-state index in [2.05, 4.69) is 4.72 Å². The minimum atomic E-state index is -3.57. The Bertz CT molecular complexity index is 762. The highest BCUT2D eigenvalue weighted by atomic mass is 35.5.